The average Bonchev–Trinajstić information content (AvgIpc) is 2.34. The molecule has 0 spiro atoms. The number of carbonyl (C=O) groups is 1. The van der Waals surface area contributed by atoms with Gasteiger partial charge in [-0.1, -0.05) is 6.92 Å². The highest BCUT2D eigenvalue weighted by Gasteiger charge is 2.17. The summed E-state index contributed by atoms with van der Waals surface area (Å²) in [6, 6.07) is 1.91. The largest absolute Gasteiger partial charge is 0.469 e. The first kappa shape index (κ1) is 13.4. The predicted molar refractivity (Wildman–Crippen MR) is 65.8 cm³/mol. The Morgan fingerprint density at radius 3 is 2.76 bits per heavy atom. The molecule has 5 nitrogen and oxygen atoms in total. The van der Waals surface area contributed by atoms with Gasteiger partial charge in [0.15, 0.2) is 0 Å². The number of nitrogens with zero attached hydrogens (tertiary/aromatic N) is 3. The number of hydrogen-bond acceptors (Lipinski definition) is 5. The standard InChI is InChI=1S/C12H19N3O2/c1-5-15(7-9(2)12(16)17-4)11-6-10(3)13-8-14-11/h6,8-9H,5,7H2,1-4H3/t9-/m0/s1. The molecule has 1 aromatic heterocycles. The lowest BCUT2D eigenvalue weighted by atomic mass is 10.1. The van der Waals surface area contributed by atoms with E-state index in [1.54, 1.807) is 0 Å². The highest BCUT2D eigenvalue weighted by Crippen LogP contribution is 2.13. The van der Waals surface area contributed by atoms with Gasteiger partial charge in [-0.3, -0.25) is 4.79 Å². The number of esters is 1. The summed E-state index contributed by atoms with van der Waals surface area (Å²) in [6.07, 6.45) is 1.54. The molecule has 1 rings (SSSR count). The van der Waals surface area contributed by atoms with Crippen molar-refractivity contribution in [3.63, 3.8) is 0 Å². The quantitative estimate of drug-likeness (QED) is 0.725. The van der Waals surface area contributed by atoms with Gasteiger partial charge in [-0.2, -0.15) is 0 Å². The van der Waals surface area contributed by atoms with Gasteiger partial charge < -0.3 is 9.64 Å². The molecule has 0 saturated heterocycles. The summed E-state index contributed by atoms with van der Waals surface area (Å²) < 4.78 is 4.72. The van der Waals surface area contributed by atoms with Crippen LogP contribution in [0, 0.1) is 12.8 Å². The fourth-order valence-corrected chi connectivity index (χ4v) is 1.60. The van der Waals surface area contributed by atoms with Crippen LogP contribution in [0.25, 0.3) is 0 Å². The Labute approximate surface area is 102 Å². The number of rotatable bonds is 5. The maximum absolute atomic E-state index is 11.4. The Balaban J connectivity index is 2.75. The molecule has 0 amide bonds. The lowest BCUT2D eigenvalue weighted by Crippen LogP contribution is -2.32. The molecule has 0 aliphatic heterocycles. The summed E-state index contributed by atoms with van der Waals surface area (Å²) >= 11 is 0. The topological polar surface area (TPSA) is 55.3 Å². The van der Waals surface area contributed by atoms with Crippen LogP contribution in [0.1, 0.15) is 19.5 Å². The van der Waals surface area contributed by atoms with Gasteiger partial charge in [-0.15, -0.1) is 0 Å². The minimum absolute atomic E-state index is 0.171. The third-order valence-corrected chi connectivity index (χ3v) is 2.59. The third-order valence-electron chi connectivity index (χ3n) is 2.59. The van der Waals surface area contributed by atoms with E-state index in [0.717, 1.165) is 18.1 Å². The van der Waals surface area contributed by atoms with Crippen molar-refractivity contribution in [3.05, 3.63) is 18.1 Å². The van der Waals surface area contributed by atoms with Crippen LogP contribution in [-0.2, 0) is 9.53 Å². The first-order chi connectivity index (χ1) is 8.08. The zero-order valence-corrected chi connectivity index (χ0v) is 10.8. The zero-order chi connectivity index (χ0) is 12.8. The first-order valence-corrected chi connectivity index (χ1v) is 5.69. The van der Waals surface area contributed by atoms with E-state index in [2.05, 4.69) is 9.97 Å². The molecule has 0 bridgehead atoms. The molecule has 0 fully saturated rings. The SMILES string of the molecule is CCN(C[C@H](C)C(=O)OC)c1cc(C)ncn1. The van der Waals surface area contributed by atoms with E-state index in [0.29, 0.717) is 6.54 Å². The summed E-state index contributed by atoms with van der Waals surface area (Å²) in [5.41, 5.74) is 0.916. The monoisotopic (exact) mass is 237 g/mol. The van der Waals surface area contributed by atoms with Crippen molar-refractivity contribution < 1.29 is 9.53 Å². The molecule has 17 heavy (non-hydrogen) atoms. The summed E-state index contributed by atoms with van der Waals surface area (Å²) in [4.78, 5) is 21.7. The molecule has 0 saturated carbocycles. The Hall–Kier alpha value is -1.65. The minimum atomic E-state index is -0.200. The highest BCUT2D eigenvalue weighted by molar-refractivity contribution is 5.72. The molecule has 1 heterocycles. The minimum Gasteiger partial charge on any atom is -0.469 e. The molecule has 0 radical (unpaired) electrons. The van der Waals surface area contributed by atoms with Crippen LogP contribution in [0.4, 0.5) is 5.82 Å². The van der Waals surface area contributed by atoms with Crippen molar-refractivity contribution in [3.8, 4) is 0 Å². The van der Waals surface area contributed by atoms with Crippen LogP contribution in [0.2, 0.25) is 0 Å². The van der Waals surface area contributed by atoms with Crippen molar-refractivity contribution in [2.24, 2.45) is 5.92 Å². The van der Waals surface area contributed by atoms with Crippen LogP contribution < -0.4 is 4.90 Å². The molecule has 0 aliphatic carbocycles. The van der Waals surface area contributed by atoms with Crippen molar-refractivity contribution in [1.29, 1.82) is 0 Å². The maximum atomic E-state index is 11.4. The first-order valence-electron chi connectivity index (χ1n) is 5.69. The van der Waals surface area contributed by atoms with Gasteiger partial charge in [0.2, 0.25) is 0 Å². The molecule has 1 atom stereocenters. The second kappa shape index (κ2) is 6.18. The molecule has 5 heteroatoms. The second-order valence-electron chi connectivity index (χ2n) is 3.98. The van der Waals surface area contributed by atoms with E-state index < -0.39 is 0 Å². The van der Waals surface area contributed by atoms with Crippen molar-refractivity contribution in [2.45, 2.75) is 20.8 Å². The molecule has 0 N–H and O–H groups in total. The van der Waals surface area contributed by atoms with E-state index in [9.17, 15) is 4.79 Å². The Bertz CT molecular complexity index is 382. The van der Waals surface area contributed by atoms with E-state index in [4.69, 9.17) is 4.74 Å². The third kappa shape index (κ3) is 3.69. The van der Waals surface area contributed by atoms with Crippen LogP contribution in [-0.4, -0.2) is 36.1 Å². The normalized spacial score (nSPS) is 12.0. The van der Waals surface area contributed by atoms with E-state index in [1.165, 1.54) is 13.4 Å². The number of ether oxygens (including phenoxy) is 1. The number of methoxy groups -OCH3 is 1. The molecule has 0 unspecified atom stereocenters. The second-order valence-corrected chi connectivity index (χ2v) is 3.98. The van der Waals surface area contributed by atoms with Crippen molar-refractivity contribution >= 4 is 11.8 Å². The fraction of sp³-hybridized carbons (Fsp3) is 0.583. The zero-order valence-electron chi connectivity index (χ0n) is 10.8. The number of aryl methyl sites for hydroxylation is 1. The van der Waals surface area contributed by atoms with Gasteiger partial charge in [0.25, 0.3) is 0 Å². The maximum Gasteiger partial charge on any atom is 0.310 e. The Morgan fingerprint density at radius 2 is 2.24 bits per heavy atom. The van der Waals surface area contributed by atoms with Crippen LogP contribution in [0.3, 0.4) is 0 Å². The molecule has 0 aromatic carbocycles. The highest BCUT2D eigenvalue weighted by atomic mass is 16.5. The molecule has 1 aromatic rings. The van der Waals surface area contributed by atoms with Crippen molar-refractivity contribution in [2.75, 3.05) is 25.1 Å². The van der Waals surface area contributed by atoms with Gasteiger partial charge in [-0.05, 0) is 13.8 Å². The summed E-state index contributed by atoms with van der Waals surface area (Å²) in [5.74, 6) is 0.472. The van der Waals surface area contributed by atoms with Crippen LogP contribution >= 0.6 is 0 Å². The Morgan fingerprint density at radius 1 is 1.53 bits per heavy atom. The lowest BCUT2D eigenvalue weighted by Gasteiger charge is -2.24. The summed E-state index contributed by atoms with van der Waals surface area (Å²) in [5, 5.41) is 0. The fourth-order valence-electron chi connectivity index (χ4n) is 1.60. The Kier molecular flexibility index (Phi) is 4.87. The molecular formula is C12H19N3O2. The number of anilines is 1. The number of aromatic nitrogens is 2. The summed E-state index contributed by atoms with van der Waals surface area (Å²) in [7, 11) is 1.41. The van der Waals surface area contributed by atoms with Gasteiger partial charge in [0.1, 0.15) is 12.1 Å². The van der Waals surface area contributed by atoms with Gasteiger partial charge in [0, 0.05) is 24.8 Å². The van der Waals surface area contributed by atoms with Gasteiger partial charge in [0.05, 0.1) is 13.0 Å². The number of carbonyl (C=O) groups excluding carboxylic acids is 1. The molecular weight excluding hydrogens is 218 g/mol. The number of hydrogen-bond donors (Lipinski definition) is 0. The van der Waals surface area contributed by atoms with Gasteiger partial charge in [-0.25, -0.2) is 9.97 Å². The van der Waals surface area contributed by atoms with Crippen LogP contribution in [0.15, 0.2) is 12.4 Å². The predicted octanol–water partition coefficient (Wildman–Crippen LogP) is 1.42. The summed E-state index contributed by atoms with van der Waals surface area (Å²) in [6.45, 7) is 7.18. The molecule has 94 valence electrons. The smallest absolute Gasteiger partial charge is 0.310 e. The van der Waals surface area contributed by atoms with Gasteiger partial charge >= 0.3 is 5.97 Å². The van der Waals surface area contributed by atoms with E-state index in [1.807, 2.05) is 31.7 Å². The van der Waals surface area contributed by atoms with E-state index >= 15 is 0 Å². The van der Waals surface area contributed by atoms with Crippen LogP contribution in [0.5, 0.6) is 0 Å². The lowest BCUT2D eigenvalue weighted by molar-refractivity contribution is -0.144. The van der Waals surface area contributed by atoms with Crippen molar-refractivity contribution in [1.82, 2.24) is 9.97 Å². The average molecular weight is 237 g/mol. The van der Waals surface area contributed by atoms with E-state index in [-0.39, 0.29) is 11.9 Å². The molecule has 0 aliphatic rings.